The summed E-state index contributed by atoms with van der Waals surface area (Å²) in [6.07, 6.45) is 1.96. The molecule has 2 amide bonds. The Morgan fingerprint density at radius 2 is 1.32 bits per heavy atom. The average Bonchev–Trinajstić information content (AvgIpc) is 2.69. The Labute approximate surface area is 123 Å². The minimum absolute atomic E-state index is 0.0870. The number of imide groups is 1. The molecule has 1 aromatic rings. The zero-order valence-corrected chi connectivity index (χ0v) is 11.5. The number of anilines is 2. The monoisotopic (exact) mass is 306 g/mol. The highest BCUT2D eigenvalue weighted by atomic mass is 16.6. The van der Waals surface area contributed by atoms with Gasteiger partial charge in [-0.05, 0) is 13.8 Å². The number of rotatable bonds is 3. The number of hydrogen-bond acceptors (Lipinski definition) is 7. The van der Waals surface area contributed by atoms with E-state index in [-0.39, 0.29) is 16.8 Å². The number of benzene rings is 1. The Morgan fingerprint density at radius 1 is 0.955 bits per heavy atom. The number of nitrogens with two attached hydrogens (primary N) is 1. The fourth-order valence-corrected chi connectivity index (χ4v) is 2.45. The molecule has 1 heterocycles. The van der Waals surface area contributed by atoms with E-state index in [1.54, 1.807) is 0 Å². The minimum Gasteiger partial charge on any atom is -0.387 e. The van der Waals surface area contributed by atoms with E-state index in [9.17, 15) is 29.8 Å². The van der Waals surface area contributed by atoms with Crippen LogP contribution in [0.2, 0.25) is 0 Å². The van der Waals surface area contributed by atoms with Crippen molar-refractivity contribution in [3.05, 3.63) is 43.5 Å². The second-order valence-electron chi connectivity index (χ2n) is 4.57. The van der Waals surface area contributed by atoms with Gasteiger partial charge in [0.2, 0.25) is 0 Å². The summed E-state index contributed by atoms with van der Waals surface area (Å²) in [6, 6.07) is 0. The predicted octanol–water partition coefficient (Wildman–Crippen LogP) is 1.13. The fourth-order valence-electron chi connectivity index (χ4n) is 2.45. The van der Waals surface area contributed by atoms with Crippen LogP contribution in [0, 0.1) is 34.1 Å². The average molecular weight is 306 g/mol. The van der Waals surface area contributed by atoms with Gasteiger partial charge in [-0.25, -0.2) is 4.90 Å². The molecular weight excluding hydrogens is 296 g/mol. The van der Waals surface area contributed by atoms with Crippen molar-refractivity contribution in [3.63, 3.8) is 0 Å². The van der Waals surface area contributed by atoms with Gasteiger partial charge in [0.05, 0.1) is 26.7 Å². The van der Waals surface area contributed by atoms with Crippen LogP contribution >= 0.6 is 0 Å². The Hall–Kier alpha value is -3.30. The molecule has 0 saturated heterocycles. The molecule has 0 aromatic heterocycles. The standard InChI is InChI=1S/C12H10N4O6/c1-5-10(14-7(17)3-4-8(14)18)6(2)12(16(21)22)9(13)11(5)15(19)20/h3-4H,13H2,1-2H3. The maximum Gasteiger partial charge on any atom is 0.304 e. The van der Waals surface area contributed by atoms with Gasteiger partial charge in [0.15, 0.2) is 5.69 Å². The maximum absolute atomic E-state index is 11.8. The molecule has 1 aromatic carbocycles. The van der Waals surface area contributed by atoms with Gasteiger partial charge in [-0.1, -0.05) is 0 Å². The molecule has 1 aliphatic heterocycles. The number of nitro benzene ring substituents is 2. The quantitative estimate of drug-likeness (QED) is 0.380. The first kappa shape index (κ1) is 15.1. The Kier molecular flexibility index (Phi) is 3.37. The molecule has 22 heavy (non-hydrogen) atoms. The van der Waals surface area contributed by atoms with E-state index < -0.39 is 38.7 Å². The van der Waals surface area contributed by atoms with Crippen molar-refractivity contribution in [2.24, 2.45) is 0 Å². The lowest BCUT2D eigenvalue weighted by atomic mass is 10.0. The molecule has 10 nitrogen and oxygen atoms in total. The largest absolute Gasteiger partial charge is 0.387 e. The number of carbonyl (C=O) groups excluding carboxylic acids is 2. The molecule has 0 spiro atoms. The summed E-state index contributed by atoms with van der Waals surface area (Å²) in [4.78, 5) is 44.8. The second kappa shape index (κ2) is 4.91. The van der Waals surface area contributed by atoms with Crippen LogP contribution in [-0.4, -0.2) is 21.7 Å². The lowest BCUT2D eigenvalue weighted by Gasteiger charge is -2.20. The van der Waals surface area contributed by atoms with E-state index >= 15 is 0 Å². The summed E-state index contributed by atoms with van der Waals surface area (Å²) in [5, 5.41) is 22.3. The highest BCUT2D eigenvalue weighted by molar-refractivity contribution is 6.29. The lowest BCUT2D eigenvalue weighted by molar-refractivity contribution is -0.392. The molecule has 0 bridgehead atoms. The summed E-state index contributed by atoms with van der Waals surface area (Å²) in [5.41, 5.74) is 3.18. The van der Waals surface area contributed by atoms with E-state index in [2.05, 4.69) is 0 Å². The molecule has 2 N–H and O–H groups in total. The van der Waals surface area contributed by atoms with Crippen LogP contribution in [0.4, 0.5) is 22.7 Å². The van der Waals surface area contributed by atoms with E-state index in [1.165, 1.54) is 13.8 Å². The highest BCUT2D eigenvalue weighted by Crippen LogP contribution is 2.44. The zero-order chi connectivity index (χ0) is 16.8. The summed E-state index contributed by atoms with van der Waals surface area (Å²) in [7, 11) is 0. The number of nitro groups is 2. The van der Waals surface area contributed by atoms with Crippen LogP contribution in [0.5, 0.6) is 0 Å². The van der Waals surface area contributed by atoms with Crippen molar-refractivity contribution >= 4 is 34.6 Å². The SMILES string of the molecule is Cc1c(N2C(=O)C=CC2=O)c(C)c([N+](=O)[O-])c(N)c1[N+](=O)[O-]. The van der Waals surface area contributed by atoms with E-state index in [1.807, 2.05) is 0 Å². The molecule has 0 fully saturated rings. The number of nitrogens with zero attached hydrogens (tertiary/aromatic N) is 3. The van der Waals surface area contributed by atoms with Gasteiger partial charge in [0.25, 0.3) is 11.8 Å². The van der Waals surface area contributed by atoms with Gasteiger partial charge in [0, 0.05) is 12.2 Å². The topological polar surface area (TPSA) is 150 Å². The van der Waals surface area contributed by atoms with Crippen LogP contribution in [-0.2, 0) is 9.59 Å². The fraction of sp³-hybridized carbons (Fsp3) is 0.167. The minimum atomic E-state index is -0.876. The van der Waals surface area contributed by atoms with Crippen molar-refractivity contribution in [1.29, 1.82) is 0 Å². The molecule has 114 valence electrons. The maximum atomic E-state index is 11.8. The molecule has 1 aliphatic rings. The second-order valence-corrected chi connectivity index (χ2v) is 4.57. The molecule has 0 aliphatic carbocycles. The summed E-state index contributed by atoms with van der Waals surface area (Å²) in [6.45, 7) is 2.55. The van der Waals surface area contributed by atoms with Crippen LogP contribution in [0.3, 0.4) is 0 Å². The third-order valence-electron chi connectivity index (χ3n) is 3.33. The Bertz CT molecular complexity index is 723. The van der Waals surface area contributed by atoms with Crippen LogP contribution in [0.15, 0.2) is 12.2 Å². The molecule has 10 heteroatoms. The van der Waals surface area contributed by atoms with Gasteiger partial charge in [-0.15, -0.1) is 0 Å². The van der Waals surface area contributed by atoms with Crippen molar-refractivity contribution in [1.82, 2.24) is 0 Å². The molecule has 0 saturated carbocycles. The summed E-state index contributed by atoms with van der Waals surface area (Å²) in [5.74, 6) is -1.46. The summed E-state index contributed by atoms with van der Waals surface area (Å²) >= 11 is 0. The van der Waals surface area contributed by atoms with Crippen molar-refractivity contribution in [2.75, 3.05) is 10.6 Å². The number of amides is 2. The summed E-state index contributed by atoms with van der Waals surface area (Å²) < 4.78 is 0. The first-order valence-electron chi connectivity index (χ1n) is 5.96. The van der Waals surface area contributed by atoms with Crippen LogP contribution in [0.1, 0.15) is 11.1 Å². The molecular formula is C12H10N4O6. The van der Waals surface area contributed by atoms with Crippen molar-refractivity contribution < 1.29 is 19.4 Å². The lowest BCUT2D eigenvalue weighted by Crippen LogP contribution is -2.31. The first-order chi connectivity index (χ1) is 10.2. The molecule has 0 unspecified atom stereocenters. The van der Waals surface area contributed by atoms with Gasteiger partial charge in [-0.2, -0.15) is 0 Å². The number of hydrogen-bond donors (Lipinski definition) is 1. The van der Waals surface area contributed by atoms with E-state index in [0.29, 0.717) is 4.90 Å². The van der Waals surface area contributed by atoms with Gasteiger partial charge in [0.1, 0.15) is 0 Å². The normalized spacial score (nSPS) is 13.8. The Morgan fingerprint density at radius 3 is 1.64 bits per heavy atom. The van der Waals surface area contributed by atoms with Gasteiger partial charge >= 0.3 is 11.4 Å². The van der Waals surface area contributed by atoms with Crippen LogP contribution in [0.25, 0.3) is 0 Å². The van der Waals surface area contributed by atoms with Gasteiger partial charge in [-0.3, -0.25) is 29.8 Å². The third kappa shape index (κ3) is 1.97. The van der Waals surface area contributed by atoms with Crippen molar-refractivity contribution in [2.45, 2.75) is 13.8 Å². The smallest absolute Gasteiger partial charge is 0.304 e. The van der Waals surface area contributed by atoms with Crippen LogP contribution < -0.4 is 10.6 Å². The molecule has 2 rings (SSSR count). The Balaban J connectivity index is 2.90. The number of nitrogen functional groups attached to an aromatic ring is 1. The van der Waals surface area contributed by atoms with Crippen molar-refractivity contribution in [3.8, 4) is 0 Å². The number of carbonyl (C=O) groups is 2. The zero-order valence-electron chi connectivity index (χ0n) is 11.5. The molecule has 0 atom stereocenters. The first-order valence-corrected chi connectivity index (χ1v) is 5.96. The molecule has 0 radical (unpaired) electrons. The van der Waals surface area contributed by atoms with E-state index in [0.717, 1.165) is 12.2 Å². The third-order valence-corrected chi connectivity index (χ3v) is 3.33. The predicted molar refractivity (Wildman–Crippen MR) is 75.3 cm³/mol. The highest BCUT2D eigenvalue weighted by Gasteiger charge is 2.37. The van der Waals surface area contributed by atoms with E-state index in [4.69, 9.17) is 5.73 Å². The van der Waals surface area contributed by atoms with Gasteiger partial charge < -0.3 is 5.73 Å².